The summed E-state index contributed by atoms with van der Waals surface area (Å²) < 4.78 is 11.5. The Labute approximate surface area is 162 Å². The van der Waals surface area contributed by atoms with E-state index in [4.69, 9.17) is 9.47 Å². The Morgan fingerprint density at radius 1 is 1.04 bits per heavy atom. The third kappa shape index (κ3) is 7.40. The molecule has 0 spiro atoms. The van der Waals surface area contributed by atoms with E-state index in [1.807, 2.05) is 51.1 Å². The number of allylic oxidation sites excluding steroid dienone is 3. The number of rotatable bonds is 8. The number of benzene rings is 2. The number of hydrogen-bond donors (Lipinski definition) is 0. The predicted octanol–water partition coefficient (Wildman–Crippen LogP) is 7.26. The first-order chi connectivity index (χ1) is 12.8. The molecule has 2 rings (SSSR count). The van der Waals surface area contributed by atoms with E-state index in [9.17, 15) is 0 Å². The Morgan fingerprint density at radius 3 is 2.38 bits per heavy atom. The number of thioether (sulfide) groups is 1. The monoisotopic (exact) mass is 370 g/mol. The number of ether oxygens (including phenoxy) is 2. The van der Waals surface area contributed by atoms with Gasteiger partial charge in [0.15, 0.2) is 11.5 Å². The second-order valence-electron chi connectivity index (χ2n) is 5.20. The normalized spacial score (nSPS) is 11.0. The third-order valence-corrected chi connectivity index (χ3v) is 4.41. The van der Waals surface area contributed by atoms with Gasteiger partial charge in [0.05, 0.1) is 7.11 Å². The van der Waals surface area contributed by atoms with Crippen molar-refractivity contribution in [3.05, 3.63) is 78.1 Å². The molecular formula is C23H30O2S. The van der Waals surface area contributed by atoms with Crippen LogP contribution in [0, 0.1) is 0 Å². The third-order valence-electron chi connectivity index (χ3n) is 3.35. The molecule has 0 aromatic heterocycles. The second kappa shape index (κ2) is 13.1. The van der Waals surface area contributed by atoms with Crippen molar-refractivity contribution in [3.8, 4) is 11.5 Å². The van der Waals surface area contributed by atoms with Gasteiger partial charge < -0.3 is 9.47 Å². The first kappa shape index (κ1) is 21.9. The van der Waals surface area contributed by atoms with Crippen molar-refractivity contribution in [2.45, 2.75) is 44.8 Å². The Balaban J connectivity index is 0.00000163. The molecule has 0 aliphatic carbocycles. The van der Waals surface area contributed by atoms with E-state index >= 15 is 0 Å². The van der Waals surface area contributed by atoms with Gasteiger partial charge in [0.25, 0.3) is 0 Å². The van der Waals surface area contributed by atoms with Gasteiger partial charge in [-0.2, -0.15) is 0 Å². The lowest BCUT2D eigenvalue weighted by Crippen LogP contribution is -1.96. The molecule has 2 aromatic carbocycles. The highest BCUT2D eigenvalue weighted by molar-refractivity contribution is 7.98. The summed E-state index contributed by atoms with van der Waals surface area (Å²) in [4.78, 5) is 1.16. The highest BCUT2D eigenvalue weighted by Crippen LogP contribution is 2.34. The van der Waals surface area contributed by atoms with Crippen molar-refractivity contribution >= 4 is 11.8 Å². The summed E-state index contributed by atoms with van der Waals surface area (Å²) in [7, 11) is 1.67. The smallest absolute Gasteiger partial charge is 0.169 e. The maximum absolute atomic E-state index is 5.98. The predicted molar refractivity (Wildman–Crippen MR) is 114 cm³/mol. The van der Waals surface area contributed by atoms with Crippen LogP contribution in [0.2, 0.25) is 0 Å². The van der Waals surface area contributed by atoms with E-state index in [0.29, 0.717) is 0 Å². The second-order valence-corrected chi connectivity index (χ2v) is 6.25. The average molecular weight is 371 g/mol. The van der Waals surface area contributed by atoms with E-state index in [1.54, 1.807) is 18.9 Å². The molecule has 0 N–H and O–H groups in total. The molecule has 0 radical (unpaired) electrons. The summed E-state index contributed by atoms with van der Waals surface area (Å²) in [5.74, 6) is 3.26. The zero-order valence-electron chi connectivity index (χ0n) is 16.5. The molecule has 0 saturated heterocycles. The fourth-order valence-electron chi connectivity index (χ4n) is 2.20. The van der Waals surface area contributed by atoms with E-state index in [0.717, 1.165) is 34.3 Å². The lowest BCUT2D eigenvalue weighted by Gasteiger charge is -2.12. The van der Waals surface area contributed by atoms with Crippen LogP contribution in [-0.2, 0) is 5.75 Å². The molecule has 0 amide bonds. The van der Waals surface area contributed by atoms with Crippen molar-refractivity contribution in [1.29, 1.82) is 0 Å². The summed E-state index contributed by atoms with van der Waals surface area (Å²) in [5, 5.41) is 0. The Bertz CT molecular complexity index is 691. The van der Waals surface area contributed by atoms with Gasteiger partial charge in [-0.3, -0.25) is 0 Å². The van der Waals surface area contributed by atoms with Crippen molar-refractivity contribution in [1.82, 2.24) is 0 Å². The molecule has 0 bridgehead atoms. The van der Waals surface area contributed by atoms with Gasteiger partial charge in [0.1, 0.15) is 5.76 Å². The molecule has 0 fully saturated rings. The van der Waals surface area contributed by atoms with Gasteiger partial charge >= 0.3 is 0 Å². The molecule has 0 saturated carbocycles. The van der Waals surface area contributed by atoms with Gasteiger partial charge in [-0.1, -0.05) is 57.2 Å². The van der Waals surface area contributed by atoms with Crippen molar-refractivity contribution in [3.63, 3.8) is 0 Å². The van der Waals surface area contributed by atoms with Crippen LogP contribution in [0.25, 0.3) is 0 Å². The SMILES string of the molecule is C/C=C\C(=C/CC)Oc1ccc(SCc2ccccc2)cc1OC.CC. The largest absolute Gasteiger partial charge is 0.493 e. The van der Waals surface area contributed by atoms with Crippen LogP contribution < -0.4 is 9.47 Å². The molecule has 0 unspecified atom stereocenters. The first-order valence-corrected chi connectivity index (χ1v) is 10.1. The number of hydrogen-bond acceptors (Lipinski definition) is 3. The van der Waals surface area contributed by atoms with Crippen LogP contribution in [0.5, 0.6) is 11.5 Å². The molecule has 2 nitrogen and oxygen atoms in total. The van der Waals surface area contributed by atoms with Crippen molar-refractivity contribution < 1.29 is 9.47 Å². The highest BCUT2D eigenvalue weighted by atomic mass is 32.2. The Kier molecular flexibility index (Phi) is 11.1. The van der Waals surface area contributed by atoms with Gasteiger partial charge in [0.2, 0.25) is 0 Å². The minimum Gasteiger partial charge on any atom is -0.493 e. The molecule has 2 aromatic rings. The van der Waals surface area contributed by atoms with Crippen LogP contribution in [0.15, 0.2) is 77.4 Å². The Morgan fingerprint density at radius 2 is 1.77 bits per heavy atom. The maximum atomic E-state index is 5.98. The fraction of sp³-hybridized carbons (Fsp3) is 0.304. The minimum atomic E-state index is 0.736. The fourth-order valence-corrected chi connectivity index (χ4v) is 3.08. The van der Waals surface area contributed by atoms with Gasteiger partial charge in [-0.25, -0.2) is 0 Å². The minimum absolute atomic E-state index is 0.736. The van der Waals surface area contributed by atoms with Gasteiger partial charge in [-0.05, 0) is 49.3 Å². The molecule has 140 valence electrons. The molecule has 0 aliphatic heterocycles. The summed E-state index contributed by atoms with van der Waals surface area (Å²) in [6, 6.07) is 16.5. The lowest BCUT2D eigenvalue weighted by atomic mass is 10.2. The molecule has 0 aliphatic rings. The standard InChI is InChI=1S/C21H24O2S.C2H6/c1-4-9-18(10-5-2)23-20-14-13-19(15-21(20)22-3)24-16-17-11-7-6-8-12-17;1-2/h4,6-15H,5,16H2,1-3H3;1-2H3/b9-4-,18-10+;. The van der Waals surface area contributed by atoms with Crippen LogP contribution in [0.3, 0.4) is 0 Å². The van der Waals surface area contributed by atoms with Gasteiger partial charge in [-0.15, -0.1) is 11.8 Å². The molecule has 26 heavy (non-hydrogen) atoms. The van der Waals surface area contributed by atoms with Gasteiger partial charge in [0, 0.05) is 10.6 Å². The summed E-state index contributed by atoms with van der Waals surface area (Å²) in [5.41, 5.74) is 1.31. The quantitative estimate of drug-likeness (QED) is 0.277. The molecular weight excluding hydrogens is 340 g/mol. The van der Waals surface area contributed by atoms with Crippen LogP contribution in [0.1, 0.15) is 39.7 Å². The summed E-state index contributed by atoms with van der Waals surface area (Å²) in [6.07, 6.45) is 6.91. The Hall–Kier alpha value is -2.13. The van der Waals surface area contributed by atoms with E-state index < -0.39 is 0 Å². The average Bonchev–Trinajstić information content (AvgIpc) is 2.70. The van der Waals surface area contributed by atoms with Crippen LogP contribution >= 0.6 is 11.8 Å². The topological polar surface area (TPSA) is 18.5 Å². The first-order valence-electron chi connectivity index (χ1n) is 9.12. The zero-order valence-corrected chi connectivity index (χ0v) is 17.3. The van der Waals surface area contributed by atoms with E-state index in [2.05, 4.69) is 43.3 Å². The van der Waals surface area contributed by atoms with Crippen molar-refractivity contribution in [2.75, 3.05) is 7.11 Å². The summed E-state index contributed by atoms with van der Waals surface area (Å²) in [6.45, 7) is 8.07. The maximum Gasteiger partial charge on any atom is 0.169 e. The summed E-state index contributed by atoms with van der Waals surface area (Å²) >= 11 is 1.79. The van der Waals surface area contributed by atoms with Crippen molar-refractivity contribution in [2.24, 2.45) is 0 Å². The lowest BCUT2D eigenvalue weighted by molar-refractivity contribution is 0.366. The zero-order chi connectivity index (χ0) is 19.2. The molecule has 3 heteroatoms. The highest BCUT2D eigenvalue weighted by Gasteiger charge is 2.08. The van der Waals surface area contributed by atoms with Crippen LogP contribution in [0.4, 0.5) is 0 Å². The number of methoxy groups -OCH3 is 1. The van der Waals surface area contributed by atoms with E-state index in [-0.39, 0.29) is 0 Å². The molecule has 0 heterocycles. The van der Waals surface area contributed by atoms with E-state index in [1.165, 1.54) is 5.56 Å². The van der Waals surface area contributed by atoms with Crippen LogP contribution in [-0.4, -0.2) is 7.11 Å². The molecule has 0 atom stereocenters.